The second-order valence-corrected chi connectivity index (χ2v) is 9.94. The van der Waals surface area contributed by atoms with Gasteiger partial charge in [-0.2, -0.15) is 4.98 Å². The molecule has 1 aliphatic heterocycles. The van der Waals surface area contributed by atoms with Gasteiger partial charge in [0, 0.05) is 37.4 Å². The molecule has 0 radical (unpaired) electrons. The van der Waals surface area contributed by atoms with Gasteiger partial charge < -0.3 is 15.3 Å². The Balaban J connectivity index is 1.92. The minimum Gasteiger partial charge on any atom is -0.392 e. The Morgan fingerprint density at radius 1 is 1.18 bits per heavy atom. The molecule has 1 fully saturated rings. The van der Waals surface area contributed by atoms with E-state index in [1.54, 1.807) is 12.3 Å². The van der Waals surface area contributed by atoms with Gasteiger partial charge in [-0.25, -0.2) is 23.1 Å². The van der Waals surface area contributed by atoms with Crippen molar-refractivity contribution in [3.05, 3.63) is 75.5 Å². The highest BCUT2D eigenvalue weighted by Gasteiger charge is 2.28. The summed E-state index contributed by atoms with van der Waals surface area (Å²) in [7, 11) is 0. The summed E-state index contributed by atoms with van der Waals surface area (Å²) in [6.45, 7) is 9.21. The van der Waals surface area contributed by atoms with E-state index >= 15 is 8.78 Å². The van der Waals surface area contributed by atoms with Gasteiger partial charge >= 0.3 is 5.69 Å². The van der Waals surface area contributed by atoms with Crippen molar-refractivity contribution in [3.63, 3.8) is 0 Å². The Hall–Kier alpha value is -3.76. The molecule has 2 N–H and O–H groups in total. The van der Waals surface area contributed by atoms with Crippen LogP contribution in [0.3, 0.4) is 0 Å². The van der Waals surface area contributed by atoms with Crippen LogP contribution in [0.4, 0.5) is 14.6 Å². The zero-order chi connectivity index (χ0) is 27.1. The van der Waals surface area contributed by atoms with Gasteiger partial charge in [0.2, 0.25) is 0 Å². The molecule has 0 saturated carbocycles. The molecule has 0 spiro atoms. The first-order valence-corrected chi connectivity index (χ1v) is 12.7. The standard InChI is InChI=1S/C28H30F2N6O2/c1-15(2)23-25(16(3)8-9-32-23)36-27-19(26(34-28(36)38)35-11-10-31-13-17(35)4)12-21(30)24(33-27)22-18(14-37)6-5-7-20(22)29/h5-9,12,15,17,31,37H,10-11,13-14H2,1-4H3/t17-/m0/s1. The lowest BCUT2D eigenvalue weighted by atomic mass is 10.0. The number of fused-ring (bicyclic) bond motifs is 1. The second-order valence-electron chi connectivity index (χ2n) is 9.94. The van der Waals surface area contributed by atoms with Crippen LogP contribution in [-0.4, -0.2) is 50.3 Å². The van der Waals surface area contributed by atoms with Crippen molar-refractivity contribution in [1.82, 2.24) is 24.8 Å². The van der Waals surface area contributed by atoms with E-state index < -0.39 is 23.9 Å². The number of pyridine rings is 2. The molecule has 4 heterocycles. The molecule has 0 aliphatic carbocycles. The summed E-state index contributed by atoms with van der Waals surface area (Å²) in [5, 5.41) is 13.5. The van der Waals surface area contributed by atoms with Gasteiger partial charge in [0.1, 0.15) is 23.1 Å². The fourth-order valence-corrected chi connectivity index (χ4v) is 5.11. The Labute approximate surface area is 219 Å². The first kappa shape index (κ1) is 25.9. The van der Waals surface area contributed by atoms with Crippen LogP contribution in [0.25, 0.3) is 28.0 Å². The highest BCUT2D eigenvalue weighted by Crippen LogP contribution is 2.34. The van der Waals surface area contributed by atoms with Crippen LogP contribution >= 0.6 is 0 Å². The summed E-state index contributed by atoms with van der Waals surface area (Å²) >= 11 is 0. The van der Waals surface area contributed by atoms with E-state index in [9.17, 15) is 9.90 Å². The molecule has 4 aromatic rings. The number of hydrogen-bond donors (Lipinski definition) is 2. The fourth-order valence-electron chi connectivity index (χ4n) is 5.11. The molecule has 1 aromatic carbocycles. The van der Waals surface area contributed by atoms with Crippen LogP contribution < -0.4 is 15.9 Å². The lowest BCUT2D eigenvalue weighted by Crippen LogP contribution is -2.50. The number of piperazine rings is 1. The summed E-state index contributed by atoms with van der Waals surface area (Å²) in [5.74, 6) is -1.20. The molecule has 1 atom stereocenters. The number of nitrogens with one attached hydrogen (secondary N) is 1. The Morgan fingerprint density at radius 3 is 2.68 bits per heavy atom. The molecule has 198 valence electrons. The third-order valence-electron chi connectivity index (χ3n) is 7.01. The van der Waals surface area contributed by atoms with Gasteiger partial charge in [-0.3, -0.25) is 4.98 Å². The molecular formula is C28H30F2N6O2. The van der Waals surface area contributed by atoms with Gasteiger partial charge in [-0.1, -0.05) is 26.0 Å². The number of rotatable bonds is 5. The first-order chi connectivity index (χ1) is 18.2. The van der Waals surface area contributed by atoms with Gasteiger partial charge in [-0.15, -0.1) is 0 Å². The molecule has 10 heteroatoms. The summed E-state index contributed by atoms with van der Waals surface area (Å²) in [6, 6.07) is 7.20. The highest BCUT2D eigenvalue weighted by molar-refractivity contribution is 5.90. The molecule has 1 saturated heterocycles. The van der Waals surface area contributed by atoms with E-state index in [0.29, 0.717) is 42.2 Å². The van der Waals surface area contributed by atoms with Crippen molar-refractivity contribution in [2.45, 2.75) is 46.3 Å². The maximum Gasteiger partial charge on any atom is 0.355 e. The van der Waals surface area contributed by atoms with Crippen molar-refractivity contribution in [3.8, 4) is 16.9 Å². The fraction of sp³-hybridized carbons (Fsp3) is 0.357. The topological polar surface area (TPSA) is 96.2 Å². The Morgan fingerprint density at radius 2 is 1.97 bits per heavy atom. The number of benzene rings is 1. The van der Waals surface area contributed by atoms with E-state index in [1.807, 2.05) is 32.6 Å². The highest BCUT2D eigenvalue weighted by atomic mass is 19.1. The van der Waals surface area contributed by atoms with Crippen molar-refractivity contribution < 1.29 is 13.9 Å². The molecule has 0 amide bonds. The third-order valence-corrected chi connectivity index (χ3v) is 7.01. The molecule has 8 nitrogen and oxygen atoms in total. The quantitative estimate of drug-likeness (QED) is 0.413. The smallest absolute Gasteiger partial charge is 0.355 e. The molecule has 1 aliphatic rings. The van der Waals surface area contributed by atoms with E-state index in [2.05, 4.69) is 20.3 Å². The van der Waals surface area contributed by atoms with Gasteiger partial charge in [0.25, 0.3) is 0 Å². The SMILES string of the molecule is Cc1ccnc(C(C)C)c1-n1c(=O)nc(N2CCNC[C@@H]2C)c2cc(F)c(-c3c(F)cccc3CO)nc21. The zero-order valence-corrected chi connectivity index (χ0v) is 21.8. The minimum atomic E-state index is -0.777. The number of aliphatic hydroxyl groups is 1. The van der Waals surface area contributed by atoms with Gasteiger partial charge in [-0.05, 0) is 49.1 Å². The number of aromatic nitrogens is 4. The summed E-state index contributed by atoms with van der Waals surface area (Å²) in [4.78, 5) is 29.3. The maximum absolute atomic E-state index is 15.8. The zero-order valence-electron chi connectivity index (χ0n) is 21.8. The van der Waals surface area contributed by atoms with Crippen molar-refractivity contribution >= 4 is 16.9 Å². The van der Waals surface area contributed by atoms with Gasteiger partial charge in [0.05, 0.1) is 23.4 Å². The monoisotopic (exact) mass is 520 g/mol. The minimum absolute atomic E-state index is 0.00338. The van der Waals surface area contributed by atoms with Crippen LogP contribution in [0.2, 0.25) is 0 Å². The van der Waals surface area contributed by atoms with Gasteiger partial charge in [0.15, 0.2) is 5.65 Å². The predicted molar refractivity (Wildman–Crippen MR) is 143 cm³/mol. The number of anilines is 1. The molecule has 5 rings (SSSR count). The molecule has 0 bridgehead atoms. The normalized spacial score (nSPS) is 16.0. The summed E-state index contributed by atoms with van der Waals surface area (Å²) < 4.78 is 32.2. The summed E-state index contributed by atoms with van der Waals surface area (Å²) in [6.07, 6.45) is 1.68. The molecular weight excluding hydrogens is 490 g/mol. The largest absolute Gasteiger partial charge is 0.392 e. The molecule has 3 aromatic heterocycles. The Bertz CT molecular complexity index is 1590. The first-order valence-electron chi connectivity index (χ1n) is 12.7. The van der Waals surface area contributed by atoms with Crippen LogP contribution in [0.5, 0.6) is 0 Å². The average molecular weight is 521 g/mol. The number of hydrogen-bond acceptors (Lipinski definition) is 7. The van der Waals surface area contributed by atoms with Crippen LogP contribution in [0.15, 0.2) is 41.3 Å². The lowest BCUT2D eigenvalue weighted by Gasteiger charge is -2.35. The Kier molecular flexibility index (Phi) is 6.93. The van der Waals surface area contributed by atoms with Crippen molar-refractivity contribution in [1.29, 1.82) is 0 Å². The van der Waals surface area contributed by atoms with Crippen LogP contribution in [-0.2, 0) is 6.61 Å². The second kappa shape index (κ2) is 10.2. The average Bonchev–Trinajstić information content (AvgIpc) is 2.89. The van der Waals surface area contributed by atoms with Crippen LogP contribution in [0.1, 0.15) is 43.5 Å². The van der Waals surface area contributed by atoms with E-state index in [1.165, 1.54) is 28.8 Å². The number of nitrogens with zero attached hydrogens (tertiary/aromatic N) is 5. The number of halogens is 2. The van der Waals surface area contributed by atoms with E-state index in [0.717, 1.165) is 5.56 Å². The van der Waals surface area contributed by atoms with E-state index in [-0.39, 0.29) is 34.4 Å². The maximum atomic E-state index is 15.8. The van der Waals surface area contributed by atoms with Crippen molar-refractivity contribution in [2.24, 2.45) is 0 Å². The van der Waals surface area contributed by atoms with E-state index in [4.69, 9.17) is 0 Å². The lowest BCUT2D eigenvalue weighted by molar-refractivity contribution is 0.282. The third kappa shape index (κ3) is 4.33. The number of aryl methyl sites for hydroxylation is 1. The van der Waals surface area contributed by atoms with Crippen LogP contribution in [0, 0.1) is 18.6 Å². The number of aliphatic hydroxyl groups excluding tert-OH is 1. The summed E-state index contributed by atoms with van der Waals surface area (Å²) in [5.41, 5.74) is 1.27. The van der Waals surface area contributed by atoms with Crippen molar-refractivity contribution in [2.75, 3.05) is 24.5 Å². The predicted octanol–water partition coefficient (Wildman–Crippen LogP) is 3.84. The molecule has 0 unspecified atom stereocenters. The molecule has 38 heavy (non-hydrogen) atoms.